The zero-order valence-corrected chi connectivity index (χ0v) is 15.2. The molecular weight excluding hydrogens is 338 g/mol. The monoisotopic (exact) mass is 361 g/mol. The first-order chi connectivity index (χ1) is 13.2. The van der Waals surface area contributed by atoms with Gasteiger partial charge in [0.25, 0.3) is 0 Å². The molecule has 4 rings (SSSR count). The second-order valence-corrected chi connectivity index (χ2v) is 6.74. The zero-order chi connectivity index (χ0) is 18.8. The molecule has 2 heterocycles. The topological polar surface area (TPSA) is 65.3 Å². The Bertz CT molecular complexity index is 1130. The molecule has 138 valence electrons. The molecule has 27 heavy (non-hydrogen) atoms. The van der Waals surface area contributed by atoms with Crippen LogP contribution < -0.4 is 5.35 Å². The van der Waals surface area contributed by atoms with Crippen molar-refractivity contribution < 1.29 is 9.52 Å². The van der Waals surface area contributed by atoms with Crippen molar-refractivity contribution in [1.29, 1.82) is 0 Å². The third kappa shape index (κ3) is 3.27. The standard InChI is InChI=1S/C22H23N3O2/c1-3-4-10-25(11-12-26)14-16-8-9-19-18(13-16)22-21-17(15(2)23-24-22)6-5-7-20(21)27-19/h3,5-9,13,23,26H,1-2,4,10-12,14H2. The number of nitrogens with zero attached hydrogens (tertiary/aromatic N) is 2. The Morgan fingerprint density at radius 3 is 2.85 bits per heavy atom. The van der Waals surface area contributed by atoms with E-state index in [1.807, 2.05) is 30.3 Å². The van der Waals surface area contributed by atoms with Gasteiger partial charge in [-0.25, -0.2) is 0 Å². The SMILES string of the molecule is C=CCCN(CCO)Cc1ccc2oc3cccc4c3-c(n[nH]c4=C)c2c1. The second kappa shape index (κ2) is 7.39. The minimum absolute atomic E-state index is 0.140. The van der Waals surface area contributed by atoms with E-state index in [0.29, 0.717) is 6.54 Å². The molecule has 0 spiro atoms. The number of aliphatic hydroxyl groups excluding tert-OH is 1. The van der Waals surface area contributed by atoms with Gasteiger partial charge in [-0.1, -0.05) is 30.9 Å². The molecule has 2 aliphatic rings. The maximum absolute atomic E-state index is 9.34. The van der Waals surface area contributed by atoms with Crippen LogP contribution in [-0.2, 0) is 6.54 Å². The number of benzene rings is 2. The van der Waals surface area contributed by atoms with Crippen LogP contribution in [0.4, 0.5) is 0 Å². The molecule has 0 saturated carbocycles. The lowest BCUT2D eigenvalue weighted by atomic mass is 10.00. The minimum atomic E-state index is 0.140. The van der Waals surface area contributed by atoms with Gasteiger partial charge in [0.2, 0.25) is 0 Å². The molecule has 5 heteroatoms. The Morgan fingerprint density at radius 1 is 1.15 bits per heavy atom. The van der Waals surface area contributed by atoms with Gasteiger partial charge in [-0.15, -0.1) is 6.58 Å². The van der Waals surface area contributed by atoms with Crippen molar-refractivity contribution in [2.75, 3.05) is 19.7 Å². The maximum atomic E-state index is 9.34. The van der Waals surface area contributed by atoms with Crippen LogP contribution >= 0.6 is 0 Å². The average Bonchev–Trinajstić information content (AvgIpc) is 2.68. The van der Waals surface area contributed by atoms with Crippen LogP contribution in [0.2, 0.25) is 0 Å². The summed E-state index contributed by atoms with van der Waals surface area (Å²) in [6.07, 6.45) is 2.79. The van der Waals surface area contributed by atoms with Crippen molar-refractivity contribution in [1.82, 2.24) is 15.1 Å². The first-order valence-electron chi connectivity index (χ1n) is 9.13. The summed E-state index contributed by atoms with van der Waals surface area (Å²) in [6.45, 7) is 10.2. The van der Waals surface area contributed by atoms with Gasteiger partial charge in [0.15, 0.2) is 0 Å². The summed E-state index contributed by atoms with van der Waals surface area (Å²) in [5.74, 6) is 0. The highest BCUT2D eigenvalue weighted by Gasteiger charge is 2.18. The lowest BCUT2D eigenvalue weighted by Gasteiger charge is -2.21. The second-order valence-electron chi connectivity index (χ2n) is 6.74. The smallest absolute Gasteiger partial charge is 0.137 e. The summed E-state index contributed by atoms with van der Waals surface area (Å²) in [7, 11) is 0. The zero-order valence-electron chi connectivity index (χ0n) is 15.2. The molecule has 0 amide bonds. The van der Waals surface area contributed by atoms with E-state index in [0.717, 1.165) is 63.6 Å². The minimum Gasteiger partial charge on any atom is -0.456 e. The van der Waals surface area contributed by atoms with E-state index in [9.17, 15) is 5.11 Å². The van der Waals surface area contributed by atoms with E-state index in [-0.39, 0.29) is 6.61 Å². The molecule has 2 aromatic carbocycles. The lowest BCUT2D eigenvalue weighted by Crippen LogP contribution is -2.27. The Kier molecular flexibility index (Phi) is 4.79. The normalized spacial score (nSPS) is 11.8. The molecule has 2 aromatic rings. The molecule has 0 atom stereocenters. The van der Waals surface area contributed by atoms with Crippen molar-refractivity contribution in [3.05, 3.63) is 60.0 Å². The fraction of sp³-hybridized carbons (Fsp3) is 0.227. The number of hydrogen-bond donors (Lipinski definition) is 2. The average molecular weight is 361 g/mol. The number of aromatic nitrogens is 2. The van der Waals surface area contributed by atoms with Gasteiger partial charge in [0, 0.05) is 30.4 Å². The summed E-state index contributed by atoms with van der Waals surface area (Å²) >= 11 is 0. The molecule has 0 saturated heterocycles. The molecule has 0 bridgehead atoms. The molecule has 0 fully saturated rings. The highest BCUT2D eigenvalue weighted by atomic mass is 16.3. The van der Waals surface area contributed by atoms with Crippen LogP contribution in [0.1, 0.15) is 12.0 Å². The van der Waals surface area contributed by atoms with Gasteiger partial charge in [-0.3, -0.25) is 10.00 Å². The van der Waals surface area contributed by atoms with E-state index in [1.165, 1.54) is 0 Å². The summed E-state index contributed by atoms with van der Waals surface area (Å²) in [4.78, 5) is 2.22. The van der Waals surface area contributed by atoms with Crippen molar-refractivity contribution >= 4 is 28.5 Å². The fourth-order valence-electron chi connectivity index (χ4n) is 3.56. The van der Waals surface area contributed by atoms with Crippen LogP contribution in [0.15, 0.2) is 53.5 Å². The predicted molar refractivity (Wildman–Crippen MR) is 109 cm³/mol. The molecule has 0 aromatic heterocycles. The number of fused-ring (bicyclic) bond motifs is 2. The van der Waals surface area contributed by atoms with Crippen LogP contribution in [-0.4, -0.2) is 39.9 Å². The number of H-pyrrole nitrogens is 1. The van der Waals surface area contributed by atoms with E-state index in [4.69, 9.17) is 4.42 Å². The summed E-state index contributed by atoms with van der Waals surface area (Å²) in [5, 5.41) is 19.7. The molecule has 0 aliphatic carbocycles. The molecule has 0 radical (unpaired) electrons. The van der Waals surface area contributed by atoms with Gasteiger partial charge < -0.3 is 9.52 Å². The molecule has 5 nitrogen and oxygen atoms in total. The summed E-state index contributed by atoms with van der Waals surface area (Å²) in [5.41, 5.74) is 4.64. The largest absolute Gasteiger partial charge is 0.456 e. The van der Waals surface area contributed by atoms with Gasteiger partial charge in [0.1, 0.15) is 16.9 Å². The van der Waals surface area contributed by atoms with Crippen LogP contribution in [0.3, 0.4) is 0 Å². The van der Waals surface area contributed by atoms with Crippen molar-refractivity contribution in [2.45, 2.75) is 13.0 Å². The highest BCUT2D eigenvalue weighted by Crippen LogP contribution is 2.36. The highest BCUT2D eigenvalue weighted by molar-refractivity contribution is 6.04. The molecule has 2 aliphatic heterocycles. The lowest BCUT2D eigenvalue weighted by molar-refractivity contribution is 0.192. The van der Waals surface area contributed by atoms with E-state index in [2.05, 4.69) is 40.4 Å². The Labute approximate surface area is 157 Å². The van der Waals surface area contributed by atoms with Crippen LogP contribution in [0.5, 0.6) is 0 Å². The summed E-state index contributed by atoms with van der Waals surface area (Å²) < 4.78 is 6.13. The van der Waals surface area contributed by atoms with E-state index >= 15 is 0 Å². The first-order valence-corrected chi connectivity index (χ1v) is 9.13. The Morgan fingerprint density at radius 2 is 2.04 bits per heavy atom. The van der Waals surface area contributed by atoms with Gasteiger partial charge in [-0.2, -0.15) is 5.10 Å². The molecule has 2 N–H and O–H groups in total. The van der Waals surface area contributed by atoms with Gasteiger partial charge >= 0.3 is 0 Å². The Hall–Kier alpha value is -2.89. The van der Waals surface area contributed by atoms with Crippen molar-refractivity contribution in [3.63, 3.8) is 0 Å². The predicted octanol–water partition coefficient (Wildman–Crippen LogP) is 3.48. The van der Waals surface area contributed by atoms with Crippen molar-refractivity contribution in [2.24, 2.45) is 0 Å². The Balaban J connectivity index is 1.81. The number of aliphatic hydroxyl groups is 1. The van der Waals surface area contributed by atoms with Gasteiger partial charge in [0.05, 0.1) is 17.5 Å². The van der Waals surface area contributed by atoms with Gasteiger partial charge in [-0.05, 0) is 30.2 Å². The molecular formula is C22H23N3O2. The summed E-state index contributed by atoms with van der Waals surface area (Å²) in [6, 6.07) is 12.2. The van der Waals surface area contributed by atoms with E-state index < -0.39 is 0 Å². The quantitative estimate of drug-likeness (QED) is 0.300. The van der Waals surface area contributed by atoms with Crippen molar-refractivity contribution in [3.8, 4) is 11.3 Å². The fourth-order valence-corrected chi connectivity index (χ4v) is 3.56. The number of hydrogen-bond acceptors (Lipinski definition) is 4. The molecule has 0 unspecified atom stereocenters. The number of aromatic amines is 1. The maximum Gasteiger partial charge on any atom is 0.137 e. The number of rotatable bonds is 7. The van der Waals surface area contributed by atoms with E-state index in [1.54, 1.807) is 0 Å². The third-order valence-electron chi connectivity index (χ3n) is 4.88. The van der Waals surface area contributed by atoms with Crippen LogP contribution in [0.25, 0.3) is 39.8 Å². The first kappa shape index (κ1) is 17.5. The third-order valence-corrected chi connectivity index (χ3v) is 4.88. The van der Waals surface area contributed by atoms with Crippen LogP contribution in [0, 0.1) is 0 Å². The number of nitrogens with one attached hydrogen (secondary N) is 1.